The fourth-order valence-electron chi connectivity index (χ4n) is 1.93. The average Bonchev–Trinajstić information content (AvgIpc) is 2.82. The van der Waals surface area contributed by atoms with Crippen LogP contribution in [0.3, 0.4) is 0 Å². The zero-order valence-corrected chi connectivity index (χ0v) is 14.5. The molecule has 1 N–H and O–H groups in total. The number of para-hydroxylation sites is 2. The van der Waals surface area contributed by atoms with E-state index >= 15 is 0 Å². The highest BCUT2D eigenvalue weighted by atomic mass is 127. The Morgan fingerprint density at radius 3 is 2.65 bits per heavy atom. The van der Waals surface area contributed by atoms with E-state index in [1.165, 1.54) is 0 Å². The van der Waals surface area contributed by atoms with Gasteiger partial charge in [-0.1, -0.05) is 12.1 Å². The van der Waals surface area contributed by atoms with Crippen molar-refractivity contribution in [2.24, 2.45) is 4.99 Å². The van der Waals surface area contributed by atoms with Crippen molar-refractivity contribution in [2.75, 3.05) is 33.8 Å². The number of ether oxygens (including phenoxy) is 2. The molecule has 1 heterocycles. The van der Waals surface area contributed by atoms with Gasteiger partial charge in [-0.15, -0.1) is 24.0 Å². The first-order valence-electron chi connectivity index (χ1n) is 6.50. The molecule has 0 amide bonds. The highest BCUT2D eigenvalue weighted by Crippen LogP contribution is 2.26. The Morgan fingerprint density at radius 2 is 2.05 bits per heavy atom. The molecule has 0 saturated carbocycles. The lowest BCUT2D eigenvalue weighted by atomic mass is 10.3. The molecular formula is C14H22IN3O2. The van der Waals surface area contributed by atoms with Crippen molar-refractivity contribution in [3.8, 4) is 11.5 Å². The van der Waals surface area contributed by atoms with E-state index < -0.39 is 0 Å². The summed E-state index contributed by atoms with van der Waals surface area (Å²) in [4.78, 5) is 6.49. The van der Waals surface area contributed by atoms with E-state index in [1.807, 2.05) is 38.2 Å². The molecule has 0 aliphatic carbocycles. The lowest BCUT2D eigenvalue weighted by Gasteiger charge is -2.20. The van der Waals surface area contributed by atoms with Crippen molar-refractivity contribution in [2.45, 2.75) is 13.0 Å². The number of guanidine groups is 1. The normalized spacial score (nSPS) is 15.2. The van der Waals surface area contributed by atoms with Gasteiger partial charge >= 0.3 is 0 Å². The van der Waals surface area contributed by atoms with Gasteiger partial charge in [-0.3, -0.25) is 4.99 Å². The molecule has 1 unspecified atom stereocenters. The van der Waals surface area contributed by atoms with Gasteiger partial charge in [0.2, 0.25) is 0 Å². The molecule has 5 nitrogen and oxygen atoms in total. The van der Waals surface area contributed by atoms with Crippen LogP contribution in [0, 0.1) is 0 Å². The summed E-state index contributed by atoms with van der Waals surface area (Å²) < 4.78 is 11.1. The molecule has 0 fully saturated rings. The monoisotopic (exact) mass is 391 g/mol. The van der Waals surface area contributed by atoms with Crippen molar-refractivity contribution >= 4 is 29.9 Å². The zero-order valence-electron chi connectivity index (χ0n) is 12.1. The van der Waals surface area contributed by atoms with E-state index in [9.17, 15) is 0 Å². The third-order valence-corrected chi connectivity index (χ3v) is 3.00. The van der Waals surface area contributed by atoms with Crippen LogP contribution in [0.5, 0.6) is 11.5 Å². The van der Waals surface area contributed by atoms with Gasteiger partial charge in [0, 0.05) is 13.6 Å². The lowest BCUT2D eigenvalue weighted by molar-refractivity contribution is 0.213. The van der Waals surface area contributed by atoms with Gasteiger partial charge in [-0.05, 0) is 19.1 Å². The second-order valence-corrected chi connectivity index (χ2v) is 4.59. The van der Waals surface area contributed by atoms with Crippen molar-refractivity contribution < 1.29 is 9.47 Å². The molecule has 1 aromatic carbocycles. The summed E-state index contributed by atoms with van der Waals surface area (Å²) in [5, 5.41) is 3.30. The van der Waals surface area contributed by atoms with E-state index in [0.29, 0.717) is 6.54 Å². The number of methoxy groups -OCH3 is 1. The number of benzene rings is 1. The molecule has 112 valence electrons. The van der Waals surface area contributed by atoms with Crippen LogP contribution in [0.1, 0.15) is 6.92 Å². The lowest BCUT2D eigenvalue weighted by Crippen LogP contribution is -2.40. The van der Waals surface area contributed by atoms with Gasteiger partial charge < -0.3 is 19.7 Å². The van der Waals surface area contributed by atoms with Gasteiger partial charge in [0.05, 0.1) is 20.2 Å². The first-order chi connectivity index (χ1) is 9.20. The first-order valence-corrected chi connectivity index (χ1v) is 6.50. The molecule has 2 rings (SSSR count). The van der Waals surface area contributed by atoms with Crippen LogP contribution in [0.25, 0.3) is 0 Å². The molecule has 1 aromatic rings. The van der Waals surface area contributed by atoms with Crippen LogP contribution in [0.2, 0.25) is 0 Å². The Labute approximate surface area is 137 Å². The second kappa shape index (κ2) is 8.18. The van der Waals surface area contributed by atoms with Gasteiger partial charge in [-0.2, -0.15) is 0 Å². The quantitative estimate of drug-likeness (QED) is 0.780. The molecule has 0 bridgehead atoms. The minimum absolute atomic E-state index is 0. The second-order valence-electron chi connectivity index (χ2n) is 4.59. The molecular weight excluding hydrogens is 369 g/mol. The van der Waals surface area contributed by atoms with Crippen LogP contribution in [0.4, 0.5) is 0 Å². The summed E-state index contributed by atoms with van der Waals surface area (Å²) in [5.74, 6) is 2.46. The number of nitrogens with zero attached hydrogens (tertiary/aromatic N) is 2. The van der Waals surface area contributed by atoms with E-state index in [4.69, 9.17) is 9.47 Å². The summed E-state index contributed by atoms with van der Waals surface area (Å²) in [6, 6.07) is 7.67. The third-order valence-electron chi connectivity index (χ3n) is 3.00. The molecule has 6 heteroatoms. The number of aliphatic imine (C=N–C) groups is 1. The predicted octanol–water partition coefficient (Wildman–Crippen LogP) is 1.97. The first kappa shape index (κ1) is 16.9. The van der Waals surface area contributed by atoms with Crippen molar-refractivity contribution in [3.63, 3.8) is 0 Å². The standard InChI is InChI=1S/C14H21N3O2.HI/c1-11(10-16-14-15-8-9-17(14)2)19-13-7-5-4-6-12(13)18-3;/h4-7,11H,8-10H2,1-3H3,(H,15,16);1H. The van der Waals surface area contributed by atoms with Crippen LogP contribution < -0.4 is 14.8 Å². The topological polar surface area (TPSA) is 46.1 Å². The Morgan fingerprint density at radius 1 is 1.35 bits per heavy atom. The number of hydrogen-bond donors (Lipinski definition) is 1. The summed E-state index contributed by atoms with van der Waals surface area (Å²) in [6.45, 7) is 4.57. The molecule has 20 heavy (non-hydrogen) atoms. The zero-order chi connectivity index (χ0) is 13.7. The molecule has 0 saturated heterocycles. The number of rotatable bonds is 5. The average molecular weight is 391 g/mol. The third kappa shape index (κ3) is 4.43. The Kier molecular flexibility index (Phi) is 6.90. The molecule has 0 radical (unpaired) electrons. The molecule has 1 aliphatic rings. The Balaban J connectivity index is 0.00000200. The molecule has 0 aromatic heterocycles. The minimum atomic E-state index is 0. The minimum Gasteiger partial charge on any atom is -0.493 e. The fourth-order valence-corrected chi connectivity index (χ4v) is 1.93. The summed E-state index contributed by atoms with van der Waals surface area (Å²) in [7, 11) is 3.68. The smallest absolute Gasteiger partial charge is 0.193 e. The maximum absolute atomic E-state index is 5.87. The maximum Gasteiger partial charge on any atom is 0.193 e. The van der Waals surface area contributed by atoms with Crippen LogP contribution in [-0.4, -0.2) is 50.8 Å². The van der Waals surface area contributed by atoms with Gasteiger partial charge in [0.25, 0.3) is 0 Å². The van der Waals surface area contributed by atoms with E-state index in [1.54, 1.807) is 7.11 Å². The number of halogens is 1. The summed E-state index contributed by atoms with van der Waals surface area (Å²) in [6.07, 6.45) is 0.0352. The summed E-state index contributed by atoms with van der Waals surface area (Å²) >= 11 is 0. The Bertz CT molecular complexity index is 454. The van der Waals surface area contributed by atoms with Crippen LogP contribution >= 0.6 is 24.0 Å². The molecule has 1 atom stereocenters. The highest BCUT2D eigenvalue weighted by molar-refractivity contribution is 14.0. The van der Waals surface area contributed by atoms with Crippen LogP contribution in [-0.2, 0) is 0 Å². The van der Waals surface area contributed by atoms with Crippen molar-refractivity contribution in [1.29, 1.82) is 0 Å². The van der Waals surface area contributed by atoms with Crippen molar-refractivity contribution in [1.82, 2.24) is 10.2 Å². The van der Waals surface area contributed by atoms with Crippen LogP contribution in [0.15, 0.2) is 29.3 Å². The maximum atomic E-state index is 5.87. The Hall–Kier alpha value is -1.18. The molecule has 0 spiro atoms. The molecule has 1 aliphatic heterocycles. The largest absolute Gasteiger partial charge is 0.493 e. The van der Waals surface area contributed by atoms with E-state index in [-0.39, 0.29) is 30.1 Å². The van der Waals surface area contributed by atoms with Crippen molar-refractivity contribution in [3.05, 3.63) is 24.3 Å². The SMILES string of the molecule is COc1ccccc1OC(C)CNC1=NCCN1C.I. The number of likely N-dealkylation sites (N-methyl/N-ethyl adjacent to an activating group) is 1. The number of nitrogens with one attached hydrogen (secondary N) is 1. The van der Waals surface area contributed by atoms with E-state index in [0.717, 1.165) is 30.5 Å². The van der Waals surface area contributed by atoms with Gasteiger partial charge in [-0.25, -0.2) is 0 Å². The summed E-state index contributed by atoms with van der Waals surface area (Å²) in [5.41, 5.74) is 0. The van der Waals surface area contributed by atoms with Gasteiger partial charge in [0.1, 0.15) is 6.10 Å². The van der Waals surface area contributed by atoms with E-state index in [2.05, 4.69) is 15.2 Å². The van der Waals surface area contributed by atoms with Gasteiger partial charge in [0.15, 0.2) is 17.5 Å². The predicted molar refractivity (Wildman–Crippen MR) is 91.4 cm³/mol. The number of hydrogen-bond acceptors (Lipinski definition) is 5. The highest BCUT2D eigenvalue weighted by Gasteiger charge is 2.14. The fraction of sp³-hybridized carbons (Fsp3) is 0.500.